The lowest BCUT2D eigenvalue weighted by Crippen LogP contribution is -2.39. The maximum Gasteiger partial charge on any atom is 0.322 e. The molecule has 3 N–H and O–H groups in total. The SMILES string of the molecule is NS(=O)(=O)c1cccc(NC(=O)N(Cc2ccccc2)C[C@H]2CCCO2)c1. The Labute approximate surface area is 159 Å². The quantitative estimate of drug-likeness (QED) is 0.793. The van der Waals surface area contributed by atoms with E-state index in [0.717, 1.165) is 18.4 Å². The predicted molar refractivity (Wildman–Crippen MR) is 103 cm³/mol. The van der Waals surface area contributed by atoms with Crippen LogP contribution in [0.4, 0.5) is 10.5 Å². The zero-order valence-electron chi connectivity index (χ0n) is 14.9. The molecule has 1 aliphatic heterocycles. The maximum absolute atomic E-state index is 12.8. The standard InChI is InChI=1S/C19H23N3O4S/c20-27(24,25)18-10-4-8-16(12-18)21-19(23)22(14-17-9-5-11-26-17)13-15-6-2-1-3-7-15/h1-4,6-8,10,12,17H,5,9,11,13-14H2,(H,21,23)(H2,20,24,25)/t17-/m1/s1. The van der Waals surface area contributed by atoms with Gasteiger partial charge in [-0.15, -0.1) is 0 Å². The number of sulfonamides is 1. The average Bonchev–Trinajstić information content (AvgIpc) is 3.15. The first-order valence-corrected chi connectivity index (χ1v) is 10.3. The monoisotopic (exact) mass is 389 g/mol. The molecule has 0 bridgehead atoms. The number of anilines is 1. The van der Waals surface area contributed by atoms with Gasteiger partial charge in [-0.3, -0.25) is 0 Å². The summed E-state index contributed by atoms with van der Waals surface area (Å²) in [7, 11) is -3.83. The van der Waals surface area contributed by atoms with Gasteiger partial charge in [-0.2, -0.15) is 0 Å². The molecule has 27 heavy (non-hydrogen) atoms. The van der Waals surface area contributed by atoms with Crippen LogP contribution in [0.25, 0.3) is 0 Å². The van der Waals surface area contributed by atoms with Gasteiger partial charge in [0.05, 0.1) is 11.0 Å². The number of urea groups is 1. The van der Waals surface area contributed by atoms with Crippen LogP contribution < -0.4 is 10.5 Å². The van der Waals surface area contributed by atoms with Crippen molar-refractivity contribution >= 4 is 21.7 Å². The smallest absolute Gasteiger partial charge is 0.322 e. The van der Waals surface area contributed by atoms with Gasteiger partial charge in [0.15, 0.2) is 0 Å². The number of hydrogen-bond acceptors (Lipinski definition) is 4. The van der Waals surface area contributed by atoms with Crippen molar-refractivity contribution in [1.82, 2.24) is 4.90 Å². The van der Waals surface area contributed by atoms with Crippen LogP contribution in [0.2, 0.25) is 0 Å². The summed E-state index contributed by atoms with van der Waals surface area (Å²) in [5.74, 6) is 0. The van der Waals surface area contributed by atoms with Gasteiger partial charge in [-0.25, -0.2) is 18.4 Å². The predicted octanol–water partition coefficient (Wildman–Crippen LogP) is 2.55. The molecule has 7 nitrogen and oxygen atoms in total. The van der Waals surface area contributed by atoms with Gasteiger partial charge in [0, 0.05) is 25.4 Å². The number of primary sulfonamides is 1. The molecule has 0 radical (unpaired) electrons. The second-order valence-electron chi connectivity index (χ2n) is 6.50. The molecule has 0 saturated carbocycles. The van der Waals surface area contributed by atoms with Crippen LogP contribution in [0.15, 0.2) is 59.5 Å². The van der Waals surface area contributed by atoms with Crippen LogP contribution in [0.5, 0.6) is 0 Å². The lowest BCUT2D eigenvalue weighted by Gasteiger charge is -2.26. The van der Waals surface area contributed by atoms with E-state index >= 15 is 0 Å². The molecule has 0 unspecified atom stereocenters. The molecule has 2 amide bonds. The fraction of sp³-hybridized carbons (Fsp3) is 0.316. The second-order valence-corrected chi connectivity index (χ2v) is 8.07. The van der Waals surface area contributed by atoms with Crippen molar-refractivity contribution in [2.45, 2.75) is 30.4 Å². The molecule has 1 saturated heterocycles. The summed E-state index contributed by atoms with van der Waals surface area (Å²) in [6.07, 6.45) is 1.91. The van der Waals surface area contributed by atoms with E-state index in [0.29, 0.717) is 25.4 Å². The third kappa shape index (κ3) is 5.53. The summed E-state index contributed by atoms with van der Waals surface area (Å²) >= 11 is 0. The second kappa shape index (κ2) is 8.51. The van der Waals surface area contributed by atoms with Gasteiger partial charge in [0.1, 0.15) is 0 Å². The summed E-state index contributed by atoms with van der Waals surface area (Å²) in [6, 6.07) is 15.3. The van der Waals surface area contributed by atoms with Crippen molar-refractivity contribution in [3.05, 3.63) is 60.2 Å². The lowest BCUT2D eigenvalue weighted by atomic mass is 10.2. The summed E-state index contributed by atoms with van der Waals surface area (Å²) in [6.45, 7) is 1.61. The van der Waals surface area contributed by atoms with Gasteiger partial charge < -0.3 is 15.0 Å². The van der Waals surface area contributed by atoms with E-state index in [4.69, 9.17) is 9.88 Å². The molecule has 2 aromatic carbocycles. The molecule has 1 atom stereocenters. The minimum Gasteiger partial charge on any atom is -0.376 e. The average molecular weight is 389 g/mol. The highest BCUT2D eigenvalue weighted by atomic mass is 32.2. The molecule has 3 rings (SSSR count). The van der Waals surface area contributed by atoms with E-state index < -0.39 is 10.0 Å². The van der Waals surface area contributed by atoms with Crippen molar-refractivity contribution < 1.29 is 17.9 Å². The molecule has 144 valence electrons. The van der Waals surface area contributed by atoms with Crippen molar-refractivity contribution in [2.75, 3.05) is 18.5 Å². The van der Waals surface area contributed by atoms with E-state index in [1.807, 2.05) is 30.3 Å². The Morgan fingerprint density at radius 3 is 2.63 bits per heavy atom. The first-order valence-electron chi connectivity index (χ1n) is 8.76. The third-order valence-electron chi connectivity index (χ3n) is 4.37. The largest absolute Gasteiger partial charge is 0.376 e. The fourth-order valence-electron chi connectivity index (χ4n) is 3.01. The van der Waals surface area contributed by atoms with E-state index in [2.05, 4.69) is 5.32 Å². The van der Waals surface area contributed by atoms with Crippen LogP contribution in [0, 0.1) is 0 Å². The van der Waals surface area contributed by atoms with Crippen LogP contribution in [0.1, 0.15) is 18.4 Å². The summed E-state index contributed by atoms with van der Waals surface area (Å²) in [4.78, 5) is 14.5. The molecule has 0 aromatic heterocycles. The highest BCUT2D eigenvalue weighted by molar-refractivity contribution is 7.89. The lowest BCUT2D eigenvalue weighted by molar-refractivity contribution is 0.0819. The van der Waals surface area contributed by atoms with Crippen molar-refractivity contribution in [3.63, 3.8) is 0 Å². The van der Waals surface area contributed by atoms with E-state index in [-0.39, 0.29) is 17.0 Å². The van der Waals surface area contributed by atoms with Crippen molar-refractivity contribution in [1.29, 1.82) is 0 Å². The number of ether oxygens (including phenoxy) is 1. The molecular formula is C19H23N3O4S. The van der Waals surface area contributed by atoms with Gasteiger partial charge in [0.2, 0.25) is 10.0 Å². The van der Waals surface area contributed by atoms with E-state index in [9.17, 15) is 13.2 Å². The van der Waals surface area contributed by atoms with Gasteiger partial charge in [0.25, 0.3) is 0 Å². The number of carbonyl (C=O) groups is 1. The maximum atomic E-state index is 12.8. The normalized spacial score (nSPS) is 16.9. The van der Waals surface area contributed by atoms with Crippen LogP contribution in [-0.2, 0) is 21.3 Å². The summed E-state index contributed by atoms with van der Waals surface area (Å²) in [5.41, 5.74) is 1.38. The Kier molecular flexibility index (Phi) is 6.10. The highest BCUT2D eigenvalue weighted by Crippen LogP contribution is 2.18. The molecule has 0 aliphatic carbocycles. The first-order chi connectivity index (χ1) is 12.9. The number of nitrogens with two attached hydrogens (primary N) is 1. The Hall–Kier alpha value is -2.42. The number of rotatable bonds is 6. The molecule has 1 heterocycles. The van der Waals surface area contributed by atoms with Gasteiger partial charge in [-0.1, -0.05) is 36.4 Å². The fourth-order valence-corrected chi connectivity index (χ4v) is 3.57. The van der Waals surface area contributed by atoms with Crippen molar-refractivity contribution in [2.24, 2.45) is 5.14 Å². The molecule has 1 aliphatic rings. The molecule has 1 fully saturated rings. The van der Waals surface area contributed by atoms with Crippen LogP contribution in [-0.4, -0.2) is 38.6 Å². The molecule has 8 heteroatoms. The zero-order valence-corrected chi connectivity index (χ0v) is 15.7. The Bertz CT molecular complexity index is 881. The molecule has 2 aromatic rings. The molecule has 0 spiro atoms. The number of amides is 2. The highest BCUT2D eigenvalue weighted by Gasteiger charge is 2.23. The molecular weight excluding hydrogens is 366 g/mol. The summed E-state index contributed by atoms with van der Waals surface area (Å²) < 4.78 is 28.7. The van der Waals surface area contributed by atoms with E-state index in [1.165, 1.54) is 18.2 Å². The Morgan fingerprint density at radius 1 is 1.19 bits per heavy atom. The van der Waals surface area contributed by atoms with Crippen LogP contribution >= 0.6 is 0 Å². The van der Waals surface area contributed by atoms with Crippen molar-refractivity contribution in [3.8, 4) is 0 Å². The van der Waals surface area contributed by atoms with Gasteiger partial charge >= 0.3 is 6.03 Å². The topological polar surface area (TPSA) is 102 Å². The number of nitrogens with one attached hydrogen (secondary N) is 1. The van der Waals surface area contributed by atoms with E-state index in [1.54, 1.807) is 11.0 Å². The number of nitrogens with zero attached hydrogens (tertiary/aromatic N) is 1. The Balaban J connectivity index is 1.75. The zero-order chi connectivity index (χ0) is 19.3. The summed E-state index contributed by atoms with van der Waals surface area (Å²) in [5, 5.41) is 7.92. The third-order valence-corrected chi connectivity index (χ3v) is 5.28. The number of benzene rings is 2. The first kappa shape index (κ1) is 19.3. The number of carbonyl (C=O) groups excluding carboxylic acids is 1. The Morgan fingerprint density at radius 2 is 1.96 bits per heavy atom. The number of hydrogen-bond donors (Lipinski definition) is 2. The minimum atomic E-state index is -3.83. The minimum absolute atomic E-state index is 0.00946. The van der Waals surface area contributed by atoms with Gasteiger partial charge in [-0.05, 0) is 36.6 Å². The van der Waals surface area contributed by atoms with Crippen LogP contribution in [0.3, 0.4) is 0 Å².